The molecule has 116 valence electrons. The number of para-hydroxylation sites is 1. The molecule has 0 amide bonds. The van der Waals surface area contributed by atoms with Crippen molar-refractivity contribution in [2.45, 2.75) is 0 Å². The molecule has 0 aliphatic carbocycles. The second kappa shape index (κ2) is 5.66. The highest BCUT2D eigenvalue weighted by atomic mass is 16.5. The Morgan fingerprint density at radius 3 is 2.21 bits per heavy atom. The number of hydrogen-bond acceptors (Lipinski definition) is 4. The summed E-state index contributed by atoms with van der Waals surface area (Å²) < 4.78 is 10.5. The van der Waals surface area contributed by atoms with Gasteiger partial charge >= 0.3 is 11.6 Å². The van der Waals surface area contributed by atoms with Crippen molar-refractivity contribution in [1.82, 2.24) is 0 Å². The molecular weight excluding hydrogens is 304 g/mol. The van der Waals surface area contributed by atoms with Gasteiger partial charge in [-0.1, -0.05) is 42.5 Å². The van der Waals surface area contributed by atoms with Gasteiger partial charge in [-0.15, -0.1) is 0 Å². The van der Waals surface area contributed by atoms with Crippen LogP contribution in [0.15, 0.2) is 82.0 Å². The first-order chi connectivity index (χ1) is 11.7. The van der Waals surface area contributed by atoms with Crippen molar-refractivity contribution in [2.24, 2.45) is 0 Å². The number of carbonyl (C=O) groups excluding carboxylic acids is 1. The fraction of sp³-hybridized carbons (Fsp3) is 0. The first-order valence-electron chi connectivity index (χ1n) is 7.44. The van der Waals surface area contributed by atoms with Crippen LogP contribution in [-0.4, -0.2) is 5.97 Å². The molecule has 0 saturated carbocycles. The van der Waals surface area contributed by atoms with Gasteiger partial charge in [-0.25, -0.2) is 9.59 Å². The molecule has 0 aliphatic rings. The largest absolute Gasteiger partial charge is 0.423 e. The van der Waals surface area contributed by atoms with Crippen LogP contribution in [0.4, 0.5) is 0 Å². The highest BCUT2D eigenvalue weighted by molar-refractivity contribution is 5.99. The van der Waals surface area contributed by atoms with Gasteiger partial charge in [0.2, 0.25) is 0 Å². The molecule has 0 fully saturated rings. The SMILES string of the molecule is O=C(Oc1ccccc1)c1cc2cc3ccccc3cc2oc1=O. The Bertz CT molecular complexity index is 1110. The van der Waals surface area contributed by atoms with Crippen LogP contribution < -0.4 is 10.4 Å². The molecule has 0 aliphatic heterocycles. The number of esters is 1. The summed E-state index contributed by atoms with van der Waals surface area (Å²) in [6.45, 7) is 0. The Morgan fingerprint density at radius 2 is 1.46 bits per heavy atom. The van der Waals surface area contributed by atoms with Crippen molar-refractivity contribution in [2.75, 3.05) is 0 Å². The van der Waals surface area contributed by atoms with E-state index < -0.39 is 11.6 Å². The molecule has 0 unspecified atom stereocenters. The lowest BCUT2D eigenvalue weighted by atomic mass is 10.1. The third-order valence-electron chi connectivity index (χ3n) is 3.77. The smallest absolute Gasteiger partial charge is 0.351 e. The summed E-state index contributed by atoms with van der Waals surface area (Å²) in [6.07, 6.45) is 0. The molecule has 0 N–H and O–H groups in total. The molecule has 1 aromatic heterocycles. The maximum atomic E-state index is 12.3. The molecule has 4 heteroatoms. The lowest BCUT2D eigenvalue weighted by molar-refractivity contribution is 0.0730. The quantitative estimate of drug-likeness (QED) is 0.241. The molecule has 0 radical (unpaired) electrons. The van der Waals surface area contributed by atoms with Crippen molar-refractivity contribution in [1.29, 1.82) is 0 Å². The Balaban J connectivity index is 1.80. The van der Waals surface area contributed by atoms with Crippen LogP contribution in [0.25, 0.3) is 21.7 Å². The predicted molar refractivity (Wildman–Crippen MR) is 91.4 cm³/mol. The first kappa shape index (κ1) is 14.2. The van der Waals surface area contributed by atoms with Crippen LogP contribution in [0.2, 0.25) is 0 Å². The zero-order valence-corrected chi connectivity index (χ0v) is 12.6. The molecule has 0 saturated heterocycles. The predicted octanol–water partition coefficient (Wildman–Crippen LogP) is 4.17. The zero-order chi connectivity index (χ0) is 16.5. The highest BCUT2D eigenvalue weighted by Crippen LogP contribution is 2.22. The van der Waals surface area contributed by atoms with Crippen LogP contribution in [0.5, 0.6) is 5.75 Å². The van der Waals surface area contributed by atoms with Gasteiger partial charge < -0.3 is 9.15 Å². The van der Waals surface area contributed by atoms with Gasteiger partial charge in [-0.3, -0.25) is 0 Å². The second-order valence-electron chi connectivity index (χ2n) is 5.39. The van der Waals surface area contributed by atoms with Gasteiger partial charge in [0, 0.05) is 5.39 Å². The number of benzene rings is 3. The summed E-state index contributed by atoms with van der Waals surface area (Å²) in [5.41, 5.74) is -0.393. The maximum Gasteiger partial charge on any atom is 0.351 e. The molecule has 24 heavy (non-hydrogen) atoms. The van der Waals surface area contributed by atoms with Crippen molar-refractivity contribution in [3.63, 3.8) is 0 Å². The van der Waals surface area contributed by atoms with Crippen LogP contribution in [0.1, 0.15) is 10.4 Å². The summed E-state index contributed by atoms with van der Waals surface area (Å²) in [6, 6.07) is 21.5. The van der Waals surface area contributed by atoms with Gasteiger partial charge in [0.1, 0.15) is 16.9 Å². The normalized spacial score (nSPS) is 10.8. The summed E-state index contributed by atoms with van der Waals surface area (Å²) >= 11 is 0. The van der Waals surface area contributed by atoms with E-state index in [1.165, 1.54) is 6.07 Å². The second-order valence-corrected chi connectivity index (χ2v) is 5.39. The molecule has 4 rings (SSSR count). The fourth-order valence-electron chi connectivity index (χ4n) is 2.60. The average molecular weight is 316 g/mol. The molecule has 4 aromatic rings. The van der Waals surface area contributed by atoms with E-state index in [0.29, 0.717) is 16.7 Å². The number of rotatable bonds is 2. The van der Waals surface area contributed by atoms with Crippen molar-refractivity contribution >= 4 is 27.7 Å². The van der Waals surface area contributed by atoms with E-state index in [4.69, 9.17) is 9.15 Å². The van der Waals surface area contributed by atoms with Gasteiger partial charge in [-0.05, 0) is 41.1 Å². The van der Waals surface area contributed by atoms with E-state index in [1.807, 2.05) is 36.4 Å². The minimum atomic E-state index is -0.731. The summed E-state index contributed by atoms with van der Waals surface area (Å²) in [7, 11) is 0. The molecule has 0 spiro atoms. The average Bonchev–Trinajstić information content (AvgIpc) is 2.60. The van der Waals surface area contributed by atoms with E-state index in [2.05, 4.69) is 0 Å². The Labute approximate surface area is 136 Å². The summed E-state index contributed by atoms with van der Waals surface area (Å²) in [5, 5.41) is 2.64. The molecular formula is C20H12O4. The summed E-state index contributed by atoms with van der Waals surface area (Å²) in [5.74, 6) is -0.356. The third-order valence-corrected chi connectivity index (χ3v) is 3.77. The molecule has 3 aromatic carbocycles. The van der Waals surface area contributed by atoms with Crippen molar-refractivity contribution in [3.05, 3.63) is 88.8 Å². The van der Waals surface area contributed by atoms with Crippen LogP contribution in [0, 0.1) is 0 Å². The van der Waals surface area contributed by atoms with Gasteiger partial charge in [0.25, 0.3) is 0 Å². The van der Waals surface area contributed by atoms with Crippen LogP contribution in [-0.2, 0) is 0 Å². The Morgan fingerprint density at radius 1 is 0.792 bits per heavy atom. The molecule has 1 heterocycles. The third kappa shape index (κ3) is 2.54. The van der Waals surface area contributed by atoms with Crippen LogP contribution >= 0.6 is 0 Å². The Hall–Kier alpha value is -3.40. The molecule has 0 bridgehead atoms. The minimum absolute atomic E-state index is 0.123. The van der Waals surface area contributed by atoms with E-state index in [1.54, 1.807) is 30.3 Å². The van der Waals surface area contributed by atoms with E-state index in [-0.39, 0.29) is 5.56 Å². The lowest BCUT2D eigenvalue weighted by Gasteiger charge is -2.05. The first-order valence-corrected chi connectivity index (χ1v) is 7.44. The van der Waals surface area contributed by atoms with Gasteiger partial charge in [0.05, 0.1) is 0 Å². The topological polar surface area (TPSA) is 56.5 Å². The fourth-order valence-corrected chi connectivity index (χ4v) is 2.60. The van der Waals surface area contributed by atoms with E-state index in [9.17, 15) is 9.59 Å². The number of ether oxygens (including phenoxy) is 1. The van der Waals surface area contributed by atoms with Gasteiger partial charge in [-0.2, -0.15) is 0 Å². The van der Waals surface area contributed by atoms with Crippen LogP contribution in [0.3, 0.4) is 0 Å². The summed E-state index contributed by atoms with van der Waals surface area (Å²) in [4.78, 5) is 24.4. The number of fused-ring (bicyclic) bond motifs is 2. The van der Waals surface area contributed by atoms with E-state index in [0.717, 1.165) is 10.8 Å². The number of hydrogen-bond donors (Lipinski definition) is 0. The minimum Gasteiger partial charge on any atom is -0.423 e. The van der Waals surface area contributed by atoms with Crippen molar-refractivity contribution in [3.8, 4) is 5.75 Å². The van der Waals surface area contributed by atoms with Crippen molar-refractivity contribution < 1.29 is 13.9 Å². The highest BCUT2D eigenvalue weighted by Gasteiger charge is 2.16. The Kier molecular flexibility index (Phi) is 3.35. The van der Waals surface area contributed by atoms with Gasteiger partial charge in [0.15, 0.2) is 0 Å². The maximum absolute atomic E-state index is 12.3. The molecule has 4 nitrogen and oxygen atoms in total. The monoisotopic (exact) mass is 316 g/mol. The number of carbonyl (C=O) groups is 1. The standard InChI is InChI=1S/C20H12O4/c21-19(23-16-8-2-1-3-9-16)17-11-15-10-13-6-4-5-7-14(13)12-18(15)24-20(17)22/h1-12H. The zero-order valence-electron chi connectivity index (χ0n) is 12.6. The lowest BCUT2D eigenvalue weighted by Crippen LogP contribution is -2.18. The molecule has 0 atom stereocenters. The van der Waals surface area contributed by atoms with E-state index >= 15 is 0 Å².